The molecule has 1 aliphatic heterocycles. The summed E-state index contributed by atoms with van der Waals surface area (Å²) in [6, 6.07) is 12.5. The van der Waals surface area contributed by atoms with E-state index in [0.29, 0.717) is 11.7 Å². The highest BCUT2D eigenvalue weighted by atomic mass is 16.5. The van der Waals surface area contributed by atoms with E-state index in [1.807, 2.05) is 24.3 Å². The number of benzene rings is 1. The number of ether oxygens (including phenoxy) is 1. The normalized spacial score (nSPS) is 19.0. The Morgan fingerprint density at radius 3 is 2.88 bits per heavy atom. The fourth-order valence-electron chi connectivity index (χ4n) is 3.15. The molecule has 1 fully saturated rings. The zero-order valence-corrected chi connectivity index (χ0v) is 14.2. The summed E-state index contributed by atoms with van der Waals surface area (Å²) >= 11 is 0. The van der Waals surface area contributed by atoms with E-state index in [9.17, 15) is 0 Å². The van der Waals surface area contributed by atoms with Crippen LogP contribution < -0.4 is 15.8 Å². The summed E-state index contributed by atoms with van der Waals surface area (Å²) in [4.78, 5) is 8.74. The molecule has 0 spiro atoms. The average molecular weight is 338 g/mol. The van der Waals surface area contributed by atoms with Crippen LogP contribution in [0.15, 0.2) is 36.4 Å². The molecule has 1 saturated heterocycles. The van der Waals surface area contributed by atoms with Gasteiger partial charge in [0.05, 0.1) is 5.69 Å². The number of piperidine rings is 1. The predicted octanol–water partition coefficient (Wildman–Crippen LogP) is 1.99. The molecule has 0 amide bonds. The van der Waals surface area contributed by atoms with E-state index in [4.69, 9.17) is 10.5 Å². The Labute approximate surface area is 146 Å². The molecule has 1 aliphatic rings. The van der Waals surface area contributed by atoms with Gasteiger partial charge < -0.3 is 15.8 Å². The summed E-state index contributed by atoms with van der Waals surface area (Å²) in [5.74, 6) is 0.435. The smallest absolute Gasteiger partial charge is 0.322 e. The topological polar surface area (TPSA) is 90.4 Å². The lowest BCUT2D eigenvalue weighted by Crippen LogP contribution is -2.37. The average Bonchev–Trinajstić information content (AvgIpc) is 3.07. The number of hydrogen-bond donors (Lipinski definition) is 2. The number of nitrogen functional groups attached to an aromatic ring is 1. The van der Waals surface area contributed by atoms with Crippen molar-refractivity contribution in [3.8, 4) is 6.01 Å². The summed E-state index contributed by atoms with van der Waals surface area (Å²) < 4.78 is 7.46. The quantitative estimate of drug-likeness (QED) is 0.756. The third kappa shape index (κ3) is 3.28. The van der Waals surface area contributed by atoms with Crippen LogP contribution in [0.4, 0.5) is 5.95 Å². The minimum Gasteiger partial charge on any atom is -0.459 e. The summed E-state index contributed by atoms with van der Waals surface area (Å²) in [6.07, 6.45) is 2.17. The Morgan fingerprint density at radius 1 is 1.28 bits per heavy atom. The monoisotopic (exact) mass is 338 g/mol. The summed E-state index contributed by atoms with van der Waals surface area (Å²) in [7, 11) is 0. The maximum absolute atomic E-state index is 6.07. The second-order valence-electron chi connectivity index (χ2n) is 6.42. The van der Waals surface area contributed by atoms with Crippen molar-refractivity contribution >= 4 is 11.6 Å². The number of nitrogens with zero attached hydrogens (tertiary/aromatic N) is 4. The highest BCUT2D eigenvalue weighted by molar-refractivity contribution is 5.47. The highest BCUT2D eigenvalue weighted by Crippen LogP contribution is 2.24. The summed E-state index contributed by atoms with van der Waals surface area (Å²) in [5, 5.41) is 7.89. The van der Waals surface area contributed by atoms with Crippen molar-refractivity contribution < 1.29 is 4.74 Å². The van der Waals surface area contributed by atoms with Crippen LogP contribution in [0, 0.1) is 0 Å². The number of anilines is 1. The van der Waals surface area contributed by atoms with Gasteiger partial charge in [-0.3, -0.25) is 0 Å². The number of nitrogens with one attached hydrogen (secondary N) is 1. The maximum atomic E-state index is 6.07. The second-order valence-corrected chi connectivity index (χ2v) is 6.42. The van der Waals surface area contributed by atoms with Gasteiger partial charge in [-0.2, -0.15) is 19.6 Å². The molecule has 2 aromatic heterocycles. The molecule has 0 saturated carbocycles. The molecule has 0 unspecified atom stereocenters. The first-order valence-corrected chi connectivity index (χ1v) is 8.66. The van der Waals surface area contributed by atoms with Gasteiger partial charge >= 0.3 is 6.01 Å². The molecular formula is C18H22N6O. The van der Waals surface area contributed by atoms with Crippen molar-refractivity contribution in [1.29, 1.82) is 0 Å². The van der Waals surface area contributed by atoms with Crippen molar-refractivity contribution in [1.82, 2.24) is 24.9 Å². The van der Waals surface area contributed by atoms with Crippen LogP contribution in [0.5, 0.6) is 6.01 Å². The SMILES string of the molecule is C[C@@H](c1ccccc1)c1cc2nc(O[C@@H]3CCCNC3)nc(N)n2n1. The van der Waals surface area contributed by atoms with Gasteiger partial charge in [0.1, 0.15) is 6.10 Å². The van der Waals surface area contributed by atoms with Crippen LogP contribution in [0.3, 0.4) is 0 Å². The molecule has 3 heterocycles. The van der Waals surface area contributed by atoms with E-state index >= 15 is 0 Å². The first kappa shape index (κ1) is 15.8. The number of fused-ring (bicyclic) bond motifs is 1. The van der Waals surface area contributed by atoms with Crippen LogP contribution in [-0.2, 0) is 0 Å². The summed E-state index contributed by atoms with van der Waals surface area (Å²) in [5.41, 5.74) is 8.83. The predicted molar refractivity (Wildman–Crippen MR) is 95.7 cm³/mol. The standard InChI is InChI=1S/C18H22N6O/c1-12(13-6-3-2-4-7-13)15-10-16-21-18(22-17(19)24(16)23-15)25-14-8-5-9-20-11-14/h2-4,6-7,10,12,14,20H,5,8-9,11H2,1H3,(H2,19,21,22)/t12-,14+/m0/s1. The van der Waals surface area contributed by atoms with Crippen LogP contribution >= 0.6 is 0 Å². The molecular weight excluding hydrogens is 316 g/mol. The first-order chi connectivity index (χ1) is 12.2. The number of rotatable bonds is 4. The fourth-order valence-corrected chi connectivity index (χ4v) is 3.15. The molecule has 1 aromatic carbocycles. The molecule has 0 radical (unpaired) electrons. The van der Waals surface area contributed by atoms with Gasteiger partial charge in [-0.05, 0) is 24.9 Å². The van der Waals surface area contributed by atoms with Gasteiger partial charge in [-0.25, -0.2) is 0 Å². The minimum absolute atomic E-state index is 0.0845. The Morgan fingerprint density at radius 2 is 2.12 bits per heavy atom. The molecule has 2 atom stereocenters. The lowest BCUT2D eigenvalue weighted by Gasteiger charge is -2.22. The van der Waals surface area contributed by atoms with E-state index < -0.39 is 0 Å². The van der Waals surface area contributed by atoms with E-state index in [2.05, 4.69) is 39.4 Å². The minimum atomic E-state index is 0.0845. The molecule has 0 bridgehead atoms. The van der Waals surface area contributed by atoms with Crippen LogP contribution in [0.1, 0.15) is 36.9 Å². The zero-order chi connectivity index (χ0) is 17.2. The molecule has 130 valence electrons. The van der Waals surface area contributed by atoms with Gasteiger partial charge in [0, 0.05) is 18.5 Å². The third-order valence-electron chi connectivity index (χ3n) is 4.61. The number of aromatic nitrogens is 4. The van der Waals surface area contributed by atoms with Crippen LogP contribution in [0.2, 0.25) is 0 Å². The largest absolute Gasteiger partial charge is 0.459 e. The Hall–Kier alpha value is -2.67. The van der Waals surface area contributed by atoms with Gasteiger partial charge in [-0.1, -0.05) is 37.3 Å². The van der Waals surface area contributed by atoms with Crippen molar-refractivity contribution in [2.45, 2.75) is 31.8 Å². The molecule has 7 nitrogen and oxygen atoms in total. The van der Waals surface area contributed by atoms with E-state index in [-0.39, 0.29) is 18.0 Å². The molecule has 4 rings (SSSR count). The van der Waals surface area contributed by atoms with Gasteiger partial charge in [0.25, 0.3) is 0 Å². The number of nitrogens with two attached hydrogens (primary N) is 1. The molecule has 3 N–H and O–H groups in total. The van der Waals surface area contributed by atoms with Crippen LogP contribution in [-0.4, -0.2) is 38.8 Å². The zero-order valence-electron chi connectivity index (χ0n) is 14.2. The van der Waals surface area contributed by atoms with Gasteiger partial charge in [0.2, 0.25) is 5.95 Å². The second kappa shape index (κ2) is 6.68. The van der Waals surface area contributed by atoms with E-state index in [1.54, 1.807) is 4.52 Å². The highest BCUT2D eigenvalue weighted by Gasteiger charge is 2.19. The lowest BCUT2D eigenvalue weighted by molar-refractivity contribution is 0.153. The van der Waals surface area contributed by atoms with Gasteiger partial charge in [0.15, 0.2) is 5.65 Å². The van der Waals surface area contributed by atoms with Crippen LogP contribution in [0.25, 0.3) is 5.65 Å². The molecule has 3 aromatic rings. The van der Waals surface area contributed by atoms with Crippen molar-refractivity contribution in [3.05, 3.63) is 47.7 Å². The Balaban J connectivity index is 1.62. The van der Waals surface area contributed by atoms with Crippen molar-refractivity contribution in [3.63, 3.8) is 0 Å². The number of hydrogen-bond acceptors (Lipinski definition) is 6. The first-order valence-electron chi connectivity index (χ1n) is 8.66. The molecule has 25 heavy (non-hydrogen) atoms. The lowest BCUT2D eigenvalue weighted by atomic mass is 9.98. The fraction of sp³-hybridized carbons (Fsp3) is 0.389. The van der Waals surface area contributed by atoms with E-state index in [1.165, 1.54) is 5.56 Å². The Kier molecular flexibility index (Phi) is 4.23. The summed E-state index contributed by atoms with van der Waals surface area (Å²) in [6.45, 7) is 3.96. The molecule has 0 aliphatic carbocycles. The maximum Gasteiger partial charge on any atom is 0.322 e. The Bertz CT molecular complexity index is 857. The third-order valence-corrected chi connectivity index (χ3v) is 4.61. The van der Waals surface area contributed by atoms with Crippen molar-refractivity contribution in [2.24, 2.45) is 0 Å². The van der Waals surface area contributed by atoms with Crippen molar-refractivity contribution in [2.75, 3.05) is 18.8 Å². The van der Waals surface area contributed by atoms with Gasteiger partial charge in [-0.15, -0.1) is 0 Å². The molecule has 7 heteroatoms. The van der Waals surface area contributed by atoms with E-state index in [0.717, 1.165) is 31.6 Å².